The molecule has 0 bridgehead atoms. The van der Waals surface area contributed by atoms with Crippen LogP contribution in [0.3, 0.4) is 0 Å². The summed E-state index contributed by atoms with van der Waals surface area (Å²) in [4.78, 5) is 38.9. The number of carbonyl (C=O) groups excluding carboxylic acids is 1. The van der Waals surface area contributed by atoms with Crippen LogP contribution in [0.1, 0.15) is 47.4 Å². The van der Waals surface area contributed by atoms with Crippen LogP contribution in [-0.4, -0.2) is 57.4 Å². The number of nitro benzene ring substituents is 1. The zero-order valence-corrected chi connectivity index (χ0v) is 20.5. The second-order valence-electron chi connectivity index (χ2n) is 8.58. The molecular formula is C25H29N5O6. The molecule has 190 valence electrons. The van der Waals surface area contributed by atoms with Gasteiger partial charge in [0.05, 0.1) is 31.8 Å². The van der Waals surface area contributed by atoms with E-state index in [-0.39, 0.29) is 34.4 Å². The second kappa shape index (κ2) is 10.6. The number of hydrogen-bond acceptors (Lipinski definition) is 7. The number of likely N-dealkylation sites (tertiary alicyclic amines) is 1. The molecule has 11 nitrogen and oxygen atoms in total. The van der Waals surface area contributed by atoms with Crippen LogP contribution in [0, 0.1) is 10.1 Å². The molecule has 3 aromatic rings. The van der Waals surface area contributed by atoms with Gasteiger partial charge in [0, 0.05) is 31.6 Å². The summed E-state index contributed by atoms with van der Waals surface area (Å²) in [7, 11) is 2.79. The summed E-state index contributed by atoms with van der Waals surface area (Å²) >= 11 is 0. The highest BCUT2D eigenvalue weighted by Crippen LogP contribution is 2.36. The third-order valence-electron chi connectivity index (χ3n) is 6.52. The van der Waals surface area contributed by atoms with Crippen molar-refractivity contribution in [3.63, 3.8) is 0 Å². The van der Waals surface area contributed by atoms with Crippen LogP contribution in [0.15, 0.2) is 47.3 Å². The largest absolute Gasteiger partial charge is 0.493 e. The molecule has 36 heavy (non-hydrogen) atoms. The van der Waals surface area contributed by atoms with Gasteiger partial charge < -0.3 is 14.4 Å². The molecule has 1 aromatic heterocycles. The summed E-state index contributed by atoms with van der Waals surface area (Å²) in [5, 5.41) is 16.3. The van der Waals surface area contributed by atoms with E-state index >= 15 is 0 Å². The molecule has 0 N–H and O–H groups in total. The maximum Gasteiger partial charge on any atom is 0.346 e. The molecule has 0 radical (unpaired) electrons. The summed E-state index contributed by atoms with van der Waals surface area (Å²) < 4.78 is 13.6. The molecule has 4 rings (SSSR count). The van der Waals surface area contributed by atoms with E-state index in [0.29, 0.717) is 44.8 Å². The second-order valence-corrected chi connectivity index (χ2v) is 8.58. The van der Waals surface area contributed by atoms with Crippen molar-refractivity contribution in [2.24, 2.45) is 0 Å². The van der Waals surface area contributed by atoms with E-state index in [0.717, 1.165) is 5.56 Å². The van der Waals surface area contributed by atoms with Gasteiger partial charge in [0.1, 0.15) is 11.4 Å². The van der Waals surface area contributed by atoms with E-state index in [2.05, 4.69) is 5.10 Å². The summed E-state index contributed by atoms with van der Waals surface area (Å²) in [5.74, 6) is 0.700. The Morgan fingerprint density at radius 3 is 2.33 bits per heavy atom. The third kappa shape index (κ3) is 4.81. The fourth-order valence-electron chi connectivity index (χ4n) is 4.62. The first kappa shape index (κ1) is 25.0. The predicted molar refractivity (Wildman–Crippen MR) is 132 cm³/mol. The number of ether oxygens (including phenoxy) is 2. The summed E-state index contributed by atoms with van der Waals surface area (Å²) in [5.41, 5.74) is 0.451. The monoisotopic (exact) mass is 495 g/mol. The van der Waals surface area contributed by atoms with Gasteiger partial charge in [-0.1, -0.05) is 30.3 Å². The third-order valence-corrected chi connectivity index (χ3v) is 6.52. The van der Waals surface area contributed by atoms with Crippen molar-refractivity contribution in [2.45, 2.75) is 38.8 Å². The maximum absolute atomic E-state index is 13.3. The molecule has 1 amide bonds. The van der Waals surface area contributed by atoms with Gasteiger partial charge in [0.25, 0.3) is 11.6 Å². The van der Waals surface area contributed by atoms with Crippen LogP contribution in [0.4, 0.5) is 5.69 Å². The Bertz CT molecular complexity index is 1310. The number of rotatable bonds is 8. The highest BCUT2D eigenvalue weighted by Gasteiger charge is 2.32. The Balaban J connectivity index is 1.53. The Labute approximate surface area is 208 Å². The zero-order valence-electron chi connectivity index (χ0n) is 20.5. The molecule has 0 aliphatic carbocycles. The van der Waals surface area contributed by atoms with Crippen LogP contribution < -0.4 is 15.2 Å². The van der Waals surface area contributed by atoms with E-state index < -0.39 is 10.8 Å². The van der Waals surface area contributed by atoms with Crippen molar-refractivity contribution in [2.75, 3.05) is 27.3 Å². The maximum atomic E-state index is 13.3. The quantitative estimate of drug-likeness (QED) is 0.348. The van der Waals surface area contributed by atoms with Crippen molar-refractivity contribution in [1.29, 1.82) is 0 Å². The van der Waals surface area contributed by atoms with Crippen LogP contribution in [0.2, 0.25) is 0 Å². The predicted octanol–water partition coefficient (Wildman–Crippen LogP) is 3.06. The molecule has 0 atom stereocenters. The first-order chi connectivity index (χ1) is 17.4. The lowest BCUT2D eigenvalue weighted by molar-refractivity contribution is -0.385. The standard InChI is InChI=1S/C25H29N5O6/c1-4-28-23(26-29(25(28)32)16-17-8-6-5-7-9-17)18-10-12-27(13-11-18)24(31)19-14-21(35-2)22(36-3)15-20(19)30(33)34/h5-9,14-15,18H,4,10-13,16H2,1-3H3. The van der Waals surface area contributed by atoms with E-state index in [1.165, 1.54) is 31.0 Å². The van der Waals surface area contributed by atoms with E-state index in [1.807, 2.05) is 37.3 Å². The average molecular weight is 496 g/mol. The number of benzene rings is 2. The summed E-state index contributed by atoms with van der Waals surface area (Å²) in [6.07, 6.45) is 1.18. The topological polar surface area (TPSA) is 122 Å². The molecule has 2 heterocycles. The van der Waals surface area contributed by atoms with Gasteiger partial charge in [0.2, 0.25) is 0 Å². The van der Waals surface area contributed by atoms with Crippen LogP contribution in [0.25, 0.3) is 0 Å². The Morgan fingerprint density at radius 2 is 1.75 bits per heavy atom. The smallest absolute Gasteiger partial charge is 0.346 e. The first-order valence-electron chi connectivity index (χ1n) is 11.8. The minimum atomic E-state index is -0.596. The Morgan fingerprint density at radius 1 is 1.11 bits per heavy atom. The van der Waals surface area contributed by atoms with Crippen molar-refractivity contribution in [1.82, 2.24) is 19.2 Å². The number of methoxy groups -OCH3 is 2. The molecule has 2 aromatic carbocycles. The number of nitrogens with zero attached hydrogens (tertiary/aromatic N) is 5. The highest BCUT2D eigenvalue weighted by molar-refractivity contribution is 5.99. The molecule has 0 unspecified atom stereocenters. The molecule has 0 spiro atoms. The van der Waals surface area contributed by atoms with Crippen LogP contribution in [0.5, 0.6) is 11.5 Å². The van der Waals surface area contributed by atoms with Gasteiger partial charge in [-0.25, -0.2) is 9.48 Å². The molecule has 1 fully saturated rings. The van der Waals surface area contributed by atoms with Crippen molar-refractivity contribution in [3.05, 3.63) is 80.0 Å². The molecule has 1 aliphatic heterocycles. The minimum absolute atomic E-state index is 0.000822. The molecular weight excluding hydrogens is 466 g/mol. The van der Waals surface area contributed by atoms with Crippen LogP contribution in [-0.2, 0) is 13.1 Å². The Hall–Kier alpha value is -4.15. The van der Waals surface area contributed by atoms with Gasteiger partial charge >= 0.3 is 5.69 Å². The lowest BCUT2D eigenvalue weighted by Gasteiger charge is -2.31. The van der Waals surface area contributed by atoms with Gasteiger partial charge in [-0.15, -0.1) is 0 Å². The number of carbonyl (C=O) groups is 1. The summed E-state index contributed by atoms with van der Waals surface area (Å²) in [6.45, 7) is 3.57. The fraction of sp³-hybridized carbons (Fsp3) is 0.400. The van der Waals surface area contributed by atoms with E-state index in [1.54, 1.807) is 9.47 Å². The molecule has 11 heteroatoms. The SMILES string of the molecule is CCn1c(C2CCN(C(=O)c3cc(OC)c(OC)cc3[N+](=O)[O-])CC2)nn(Cc2ccccc2)c1=O. The highest BCUT2D eigenvalue weighted by atomic mass is 16.6. The molecule has 1 aliphatic rings. The Kier molecular flexibility index (Phi) is 7.37. The lowest BCUT2D eigenvalue weighted by Crippen LogP contribution is -2.39. The van der Waals surface area contributed by atoms with Crippen LogP contribution >= 0.6 is 0 Å². The zero-order chi connectivity index (χ0) is 25.8. The molecule has 0 saturated carbocycles. The normalized spacial score (nSPS) is 14.0. The fourth-order valence-corrected chi connectivity index (χ4v) is 4.62. The van der Waals surface area contributed by atoms with Crippen molar-refractivity contribution in [3.8, 4) is 11.5 Å². The van der Waals surface area contributed by atoms with Gasteiger partial charge in [-0.2, -0.15) is 5.10 Å². The van der Waals surface area contributed by atoms with Crippen molar-refractivity contribution < 1.29 is 19.2 Å². The van der Waals surface area contributed by atoms with Gasteiger partial charge in [-0.05, 0) is 25.3 Å². The van der Waals surface area contributed by atoms with E-state index in [9.17, 15) is 19.7 Å². The van der Waals surface area contributed by atoms with E-state index in [4.69, 9.17) is 9.47 Å². The minimum Gasteiger partial charge on any atom is -0.493 e. The first-order valence-corrected chi connectivity index (χ1v) is 11.8. The van der Waals surface area contributed by atoms with Crippen molar-refractivity contribution >= 4 is 11.6 Å². The average Bonchev–Trinajstić information content (AvgIpc) is 3.22. The molecule has 1 saturated heterocycles. The lowest BCUT2D eigenvalue weighted by atomic mass is 9.95. The van der Waals surface area contributed by atoms with Gasteiger partial charge in [-0.3, -0.25) is 19.5 Å². The van der Waals surface area contributed by atoms with Gasteiger partial charge in [0.15, 0.2) is 11.5 Å². The number of hydrogen-bond donors (Lipinski definition) is 0. The number of nitro groups is 1. The number of amides is 1. The number of piperidine rings is 1. The summed E-state index contributed by atoms with van der Waals surface area (Å²) in [6, 6.07) is 12.2. The number of aromatic nitrogens is 3.